The standard InChI is InChI=1S/C21H17F3N4O3/c22-11-1-2-16(14(23)7-11)28-9-13(20(30)31)17(29)12-8-15(24)19(26-18(12)28)27-6-5-25-21(10-27)3-4-21/h1-2,7-9,25H,3-6,10H2,(H,30,31). The molecular formula is C21H17F3N4O3. The summed E-state index contributed by atoms with van der Waals surface area (Å²) < 4.78 is 44.0. The molecule has 0 amide bonds. The summed E-state index contributed by atoms with van der Waals surface area (Å²) >= 11 is 0. The van der Waals surface area contributed by atoms with Gasteiger partial charge in [0.05, 0.1) is 11.1 Å². The van der Waals surface area contributed by atoms with Gasteiger partial charge >= 0.3 is 5.97 Å². The molecule has 2 N–H and O–H groups in total. The molecule has 2 fully saturated rings. The molecule has 1 aromatic carbocycles. The Kier molecular flexibility index (Phi) is 4.30. The highest BCUT2D eigenvalue weighted by atomic mass is 19.1. The van der Waals surface area contributed by atoms with Gasteiger partial charge in [-0.3, -0.25) is 9.36 Å². The van der Waals surface area contributed by atoms with Crippen LogP contribution in [0.25, 0.3) is 16.7 Å². The first-order valence-corrected chi connectivity index (χ1v) is 9.73. The molecule has 0 unspecified atom stereocenters. The smallest absolute Gasteiger partial charge is 0.341 e. The summed E-state index contributed by atoms with van der Waals surface area (Å²) in [5.41, 5.74) is -2.00. The molecule has 160 valence electrons. The van der Waals surface area contributed by atoms with Gasteiger partial charge in [0.25, 0.3) is 0 Å². The second-order valence-corrected chi connectivity index (χ2v) is 7.94. The monoisotopic (exact) mass is 430 g/mol. The number of hydrogen-bond acceptors (Lipinski definition) is 5. The van der Waals surface area contributed by atoms with Crippen LogP contribution in [0, 0.1) is 17.5 Å². The number of hydrogen-bond donors (Lipinski definition) is 2. The number of carboxylic acids is 1. The third-order valence-electron chi connectivity index (χ3n) is 5.84. The van der Waals surface area contributed by atoms with Crippen molar-refractivity contribution >= 4 is 22.8 Å². The van der Waals surface area contributed by atoms with E-state index in [-0.39, 0.29) is 28.1 Å². The number of aromatic carboxylic acids is 1. The van der Waals surface area contributed by atoms with Crippen molar-refractivity contribution in [2.45, 2.75) is 18.4 Å². The van der Waals surface area contributed by atoms with E-state index in [1.54, 1.807) is 4.90 Å². The molecule has 1 saturated carbocycles. The summed E-state index contributed by atoms with van der Waals surface area (Å²) in [6.45, 7) is 1.65. The average Bonchev–Trinajstić information content (AvgIpc) is 3.46. The Hall–Kier alpha value is -3.40. The van der Waals surface area contributed by atoms with Crippen molar-refractivity contribution in [1.82, 2.24) is 14.9 Å². The van der Waals surface area contributed by atoms with Crippen molar-refractivity contribution in [1.29, 1.82) is 0 Å². The van der Waals surface area contributed by atoms with Crippen LogP contribution in [0.4, 0.5) is 19.0 Å². The molecule has 0 bridgehead atoms. The molecule has 0 radical (unpaired) electrons. The fraction of sp³-hybridized carbons (Fsp3) is 0.286. The van der Waals surface area contributed by atoms with Crippen molar-refractivity contribution in [2.75, 3.05) is 24.5 Å². The van der Waals surface area contributed by atoms with E-state index in [1.165, 1.54) is 0 Å². The van der Waals surface area contributed by atoms with Crippen molar-refractivity contribution in [3.63, 3.8) is 0 Å². The number of nitrogens with zero attached hydrogens (tertiary/aromatic N) is 3. The second kappa shape index (κ2) is 6.81. The van der Waals surface area contributed by atoms with Crippen LogP contribution in [-0.4, -0.2) is 45.8 Å². The normalized spacial score (nSPS) is 17.3. The van der Waals surface area contributed by atoms with Gasteiger partial charge in [-0.05, 0) is 31.0 Å². The molecule has 1 aliphatic carbocycles. The molecule has 31 heavy (non-hydrogen) atoms. The Labute approximate surface area is 173 Å². The first-order chi connectivity index (χ1) is 14.8. The summed E-state index contributed by atoms with van der Waals surface area (Å²) in [5.74, 6) is -4.12. The van der Waals surface area contributed by atoms with Crippen molar-refractivity contribution in [3.8, 4) is 5.69 Å². The Balaban J connectivity index is 1.76. The lowest BCUT2D eigenvalue weighted by Crippen LogP contribution is -2.53. The lowest BCUT2D eigenvalue weighted by molar-refractivity contribution is 0.0695. The third kappa shape index (κ3) is 3.23. The van der Waals surface area contributed by atoms with Crippen LogP contribution in [0.5, 0.6) is 0 Å². The molecule has 0 atom stereocenters. The Morgan fingerprint density at radius 3 is 2.61 bits per heavy atom. The number of carbonyl (C=O) groups is 1. The van der Waals surface area contributed by atoms with Gasteiger partial charge in [0.2, 0.25) is 5.43 Å². The number of carboxylic acid groups (broad SMARTS) is 1. The van der Waals surface area contributed by atoms with E-state index < -0.39 is 34.4 Å². The van der Waals surface area contributed by atoms with E-state index in [0.717, 1.165) is 41.8 Å². The van der Waals surface area contributed by atoms with Crippen LogP contribution in [-0.2, 0) is 0 Å². The van der Waals surface area contributed by atoms with E-state index in [2.05, 4.69) is 10.3 Å². The van der Waals surface area contributed by atoms with Gasteiger partial charge in [0, 0.05) is 37.4 Å². The van der Waals surface area contributed by atoms with Crippen LogP contribution >= 0.6 is 0 Å². The first kappa shape index (κ1) is 19.6. The quantitative estimate of drug-likeness (QED) is 0.664. The van der Waals surface area contributed by atoms with Crippen LogP contribution in [0.3, 0.4) is 0 Å². The zero-order valence-electron chi connectivity index (χ0n) is 16.2. The number of anilines is 1. The second-order valence-electron chi connectivity index (χ2n) is 7.94. The zero-order valence-corrected chi connectivity index (χ0v) is 16.2. The number of benzene rings is 1. The highest BCUT2D eigenvalue weighted by Gasteiger charge is 2.46. The molecule has 1 saturated heterocycles. The maximum Gasteiger partial charge on any atom is 0.341 e. The summed E-state index contributed by atoms with van der Waals surface area (Å²) in [6, 6.07) is 3.68. The minimum Gasteiger partial charge on any atom is -0.477 e. The Morgan fingerprint density at radius 2 is 1.94 bits per heavy atom. The Bertz CT molecular complexity index is 1300. The first-order valence-electron chi connectivity index (χ1n) is 9.73. The molecule has 1 spiro atoms. The predicted octanol–water partition coefficient (Wildman–Crippen LogP) is 2.44. The van der Waals surface area contributed by atoms with Gasteiger partial charge in [0.15, 0.2) is 17.3 Å². The fourth-order valence-corrected chi connectivity index (χ4v) is 4.07. The van der Waals surface area contributed by atoms with E-state index in [4.69, 9.17) is 0 Å². The van der Waals surface area contributed by atoms with Crippen LogP contribution in [0.2, 0.25) is 0 Å². The van der Waals surface area contributed by atoms with Gasteiger partial charge in [-0.1, -0.05) is 0 Å². The number of aromatic nitrogens is 2. The van der Waals surface area contributed by atoms with Crippen molar-refractivity contribution < 1.29 is 23.1 Å². The lowest BCUT2D eigenvalue weighted by atomic mass is 10.1. The average molecular weight is 430 g/mol. The molecule has 3 heterocycles. The number of rotatable bonds is 3. The molecule has 1 aliphatic heterocycles. The van der Waals surface area contributed by atoms with Gasteiger partial charge in [-0.2, -0.15) is 0 Å². The van der Waals surface area contributed by atoms with Crippen LogP contribution in [0.1, 0.15) is 23.2 Å². The number of nitrogens with one attached hydrogen (secondary N) is 1. The summed E-state index contributed by atoms with van der Waals surface area (Å²) in [7, 11) is 0. The predicted molar refractivity (Wildman–Crippen MR) is 106 cm³/mol. The van der Waals surface area contributed by atoms with Gasteiger partial charge in [-0.25, -0.2) is 22.9 Å². The Morgan fingerprint density at radius 1 is 1.16 bits per heavy atom. The lowest BCUT2D eigenvalue weighted by Gasteiger charge is -2.35. The van der Waals surface area contributed by atoms with Crippen LogP contribution < -0.4 is 15.6 Å². The van der Waals surface area contributed by atoms with Gasteiger partial charge < -0.3 is 15.3 Å². The highest BCUT2D eigenvalue weighted by Crippen LogP contribution is 2.39. The van der Waals surface area contributed by atoms with Gasteiger partial charge in [0.1, 0.15) is 17.2 Å². The maximum absolute atomic E-state index is 15.0. The van der Waals surface area contributed by atoms with Gasteiger partial charge in [-0.15, -0.1) is 0 Å². The number of fused-ring (bicyclic) bond motifs is 1. The number of piperazine rings is 1. The molecule has 10 heteroatoms. The SMILES string of the molecule is O=C(O)c1cn(-c2ccc(F)cc2F)c2nc(N3CCNC4(CC4)C3)c(F)cc2c1=O. The number of halogens is 3. The molecule has 7 nitrogen and oxygen atoms in total. The minimum atomic E-state index is -1.55. The fourth-order valence-electron chi connectivity index (χ4n) is 4.07. The van der Waals surface area contributed by atoms with E-state index in [1.807, 2.05) is 0 Å². The largest absolute Gasteiger partial charge is 0.477 e. The molecule has 2 aromatic heterocycles. The summed E-state index contributed by atoms with van der Waals surface area (Å²) in [6.07, 6.45) is 2.86. The zero-order chi connectivity index (χ0) is 21.9. The molecule has 2 aliphatic rings. The van der Waals surface area contributed by atoms with Crippen molar-refractivity contribution in [3.05, 3.63) is 63.7 Å². The van der Waals surface area contributed by atoms with E-state index >= 15 is 4.39 Å². The van der Waals surface area contributed by atoms with Crippen LogP contribution in [0.15, 0.2) is 35.3 Å². The molecule has 5 rings (SSSR count). The number of pyridine rings is 2. The third-order valence-corrected chi connectivity index (χ3v) is 5.84. The van der Waals surface area contributed by atoms with Crippen molar-refractivity contribution in [2.24, 2.45) is 0 Å². The topological polar surface area (TPSA) is 87.5 Å². The van der Waals surface area contributed by atoms with E-state index in [9.17, 15) is 23.5 Å². The summed E-state index contributed by atoms with van der Waals surface area (Å²) in [4.78, 5) is 30.3. The molecular weight excluding hydrogens is 413 g/mol. The van der Waals surface area contributed by atoms with E-state index in [0.29, 0.717) is 25.7 Å². The maximum atomic E-state index is 15.0. The summed E-state index contributed by atoms with van der Waals surface area (Å²) in [5, 5.41) is 12.5. The minimum absolute atomic E-state index is 0.000908. The molecule has 3 aromatic rings. The highest BCUT2D eigenvalue weighted by molar-refractivity contribution is 5.92.